The smallest absolute Gasteiger partial charge is 0.273 e. The molecule has 2 heterocycles. The van der Waals surface area contributed by atoms with Crippen LogP contribution in [0.4, 0.5) is 5.82 Å². The highest BCUT2D eigenvalue weighted by molar-refractivity contribution is 5.91. The van der Waals surface area contributed by atoms with E-state index in [-0.39, 0.29) is 18.1 Å². The van der Waals surface area contributed by atoms with Gasteiger partial charge in [-0.25, -0.2) is 4.98 Å². The first-order valence-corrected chi connectivity index (χ1v) is 8.94. The molecule has 26 heavy (non-hydrogen) atoms. The van der Waals surface area contributed by atoms with E-state index in [2.05, 4.69) is 40.8 Å². The second-order valence-corrected chi connectivity index (χ2v) is 7.18. The molecule has 0 bridgehead atoms. The maximum absolute atomic E-state index is 12.2. The highest BCUT2D eigenvalue weighted by atomic mass is 16.5. The summed E-state index contributed by atoms with van der Waals surface area (Å²) < 4.78 is 6.34. The zero-order valence-electron chi connectivity index (χ0n) is 15.8. The molecule has 0 unspecified atom stereocenters. The van der Waals surface area contributed by atoms with Gasteiger partial charge in [-0.05, 0) is 11.5 Å². The van der Waals surface area contributed by atoms with Crippen LogP contribution in [-0.4, -0.2) is 54.1 Å². The van der Waals surface area contributed by atoms with Crippen LogP contribution in [0.1, 0.15) is 36.0 Å². The van der Waals surface area contributed by atoms with Crippen molar-refractivity contribution in [3.63, 3.8) is 0 Å². The summed E-state index contributed by atoms with van der Waals surface area (Å²) in [5.41, 5.74) is 1.51. The lowest BCUT2D eigenvalue weighted by Crippen LogP contribution is -2.46. The fraction of sp³-hybridized carbons (Fsp3) is 0.450. The number of hydrogen-bond donors (Lipinski definition) is 0. The molecule has 1 saturated heterocycles. The quantitative estimate of drug-likeness (QED) is 0.845. The Labute approximate surface area is 154 Å². The third kappa shape index (κ3) is 4.02. The van der Waals surface area contributed by atoms with E-state index in [0.717, 1.165) is 12.1 Å². The summed E-state index contributed by atoms with van der Waals surface area (Å²) in [6.07, 6.45) is 3.29. The van der Waals surface area contributed by atoms with Gasteiger partial charge in [0.1, 0.15) is 17.6 Å². The molecule has 0 spiro atoms. The van der Waals surface area contributed by atoms with Crippen LogP contribution in [0.5, 0.6) is 0 Å². The zero-order chi connectivity index (χ0) is 18.7. The Morgan fingerprint density at radius 2 is 1.92 bits per heavy atom. The van der Waals surface area contributed by atoms with Gasteiger partial charge in [-0.15, -0.1) is 0 Å². The third-order valence-electron chi connectivity index (χ3n) is 4.61. The van der Waals surface area contributed by atoms with E-state index in [9.17, 15) is 4.79 Å². The predicted molar refractivity (Wildman–Crippen MR) is 101 cm³/mol. The first-order chi connectivity index (χ1) is 12.5. The van der Waals surface area contributed by atoms with Crippen molar-refractivity contribution in [2.24, 2.45) is 5.92 Å². The molecule has 0 saturated carbocycles. The highest BCUT2D eigenvalue weighted by Crippen LogP contribution is 2.30. The van der Waals surface area contributed by atoms with Crippen LogP contribution in [0.2, 0.25) is 0 Å². The number of rotatable bonds is 4. The zero-order valence-corrected chi connectivity index (χ0v) is 15.8. The maximum Gasteiger partial charge on any atom is 0.273 e. The summed E-state index contributed by atoms with van der Waals surface area (Å²) in [6.45, 7) is 5.73. The predicted octanol–water partition coefficient (Wildman–Crippen LogP) is 2.78. The van der Waals surface area contributed by atoms with Crippen molar-refractivity contribution in [3.05, 3.63) is 54.0 Å². The molecule has 1 fully saturated rings. The molecule has 0 N–H and O–H groups in total. The summed E-state index contributed by atoms with van der Waals surface area (Å²) in [5, 5.41) is 0. The van der Waals surface area contributed by atoms with Gasteiger partial charge in [0.25, 0.3) is 5.91 Å². The minimum absolute atomic E-state index is 0.0349. The molecule has 6 heteroatoms. The van der Waals surface area contributed by atoms with Crippen LogP contribution >= 0.6 is 0 Å². The van der Waals surface area contributed by atoms with Crippen molar-refractivity contribution in [1.82, 2.24) is 14.9 Å². The average Bonchev–Trinajstić information content (AvgIpc) is 2.67. The average molecular weight is 354 g/mol. The van der Waals surface area contributed by atoms with E-state index in [1.165, 1.54) is 11.1 Å². The Morgan fingerprint density at radius 3 is 2.58 bits per heavy atom. The summed E-state index contributed by atoms with van der Waals surface area (Å²) in [6, 6.07) is 10.2. The lowest BCUT2D eigenvalue weighted by Gasteiger charge is -2.40. The van der Waals surface area contributed by atoms with Gasteiger partial charge in [0.15, 0.2) is 0 Å². The van der Waals surface area contributed by atoms with E-state index >= 15 is 0 Å². The Morgan fingerprint density at radius 1 is 1.19 bits per heavy atom. The van der Waals surface area contributed by atoms with E-state index in [1.54, 1.807) is 20.3 Å². The maximum atomic E-state index is 12.2. The largest absolute Gasteiger partial charge is 0.366 e. The number of hydrogen-bond acceptors (Lipinski definition) is 5. The van der Waals surface area contributed by atoms with Gasteiger partial charge in [0.05, 0.1) is 18.5 Å². The molecule has 0 radical (unpaired) electrons. The lowest BCUT2D eigenvalue weighted by molar-refractivity contribution is -0.0501. The molecular weight excluding hydrogens is 328 g/mol. The van der Waals surface area contributed by atoms with Crippen molar-refractivity contribution >= 4 is 11.7 Å². The Balaban J connectivity index is 1.88. The first kappa shape index (κ1) is 18.3. The number of aromatic nitrogens is 2. The standard InChI is InChI=1S/C20H26N4O2/c1-14(2)17-12-24(13-18(26-17)15-8-6-5-7-9-15)19-11-21-10-16(22-19)20(25)23(3)4/h5-11,14,17-18H,12-13H2,1-4H3/t17-,18+/m1/s1. The Kier molecular flexibility index (Phi) is 5.52. The van der Waals surface area contributed by atoms with Crippen molar-refractivity contribution < 1.29 is 9.53 Å². The molecule has 1 aromatic heterocycles. The Bertz CT molecular complexity index is 748. The van der Waals surface area contributed by atoms with Crippen molar-refractivity contribution in [2.45, 2.75) is 26.1 Å². The SMILES string of the molecule is CC(C)[C@H]1CN(c2cncc(C(=O)N(C)C)n2)C[C@@H](c2ccccc2)O1. The number of amides is 1. The first-order valence-electron chi connectivity index (χ1n) is 8.94. The molecule has 1 aliphatic heterocycles. The molecule has 0 aliphatic carbocycles. The number of carbonyl (C=O) groups excluding carboxylic acids is 1. The number of benzene rings is 1. The number of ether oxygens (including phenoxy) is 1. The van der Waals surface area contributed by atoms with Gasteiger partial charge in [0.2, 0.25) is 0 Å². The van der Waals surface area contributed by atoms with Crippen LogP contribution in [-0.2, 0) is 4.74 Å². The van der Waals surface area contributed by atoms with Crippen molar-refractivity contribution in [2.75, 3.05) is 32.1 Å². The molecule has 6 nitrogen and oxygen atoms in total. The molecular formula is C20H26N4O2. The van der Waals surface area contributed by atoms with Crippen LogP contribution in [0, 0.1) is 5.92 Å². The van der Waals surface area contributed by atoms with Gasteiger partial charge >= 0.3 is 0 Å². The summed E-state index contributed by atoms with van der Waals surface area (Å²) >= 11 is 0. The minimum atomic E-state index is -0.146. The number of carbonyl (C=O) groups is 1. The van der Waals surface area contributed by atoms with Crippen molar-refractivity contribution in [3.8, 4) is 0 Å². The fourth-order valence-corrected chi connectivity index (χ4v) is 3.04. The van der Waals surface area contributed by atoms with E-state index in [1.807, 2.05) is 18.2 Å². The van der Waals surface area contributed by atoms with Crippen LogP contribution < -0.4 is 4.90 Å². The third-order valence-corrected chi connectivity index (χ3v) is 4.61. The molecule has 2 aromatic rings. The van der Waals surface area contributed by atoms with Crippen LogP contribution in [0.3, 0.4) is 0 Å². The number of morpholine rings is 1. The molecule has 2 atom stereocenters. The lowest BCUT2D eigenvalue weighted by atomic mass is 10.0. The molecule has 1 amide bonds. The normalized spacial score (nSPS) is 20.3. The number of anilines is 1. The van der Waals surface area contributed by atoms with E-state index in [0.29, 0.717) is 24.0 Å². The molecule has 1 aromatic carbocycles. The molecule has 3 rings (SSSR count). The topological polar surface area (TPSA) is 58.6 Å². The van der Waals surface area contributed by atoms with E-state index in [4.69, 9.17) is 4.74 Å². The Hall–Kier alpha value is -2.47. The fourth-order valence-electron chi connectivity index (χ4n) is 3.04. The van der Waals surface area contributed by atoms with Gasteiger partial charge in [-0.2, -0.15) is 0 Å². The van der Waals surface area contributed by atoms with Gasteiger partial charge in [0, 0.05) is 27.2 Å². The minimum Gasteiger partial charge on any atom is -0.366 e. The highest BCUT2D eigenvalue weighted by Gasteiger charge is 2.31. The molecule has 1 aliphatic rings. The van der Waals surface area contributed by atoms with Crippen molar-refractivity contribution in [1.29, 1.82) is 0 Å². The molecule has 138 valence electrons. The van der Waals surface area contributed by atoms with Gasteiger partial charge in [-0.3, -0.25) is 9.78 Å². The summed E-state index contributed by atoms with van der Waals surface area (Å²) in [4.78, 5) is 24.7. The second kappa shape index (κ2) is 7.83. The monoisotopic (exact) mass is 354 g/mol. The van der Waals surface area contributed by atoms with Crippen LogP contribution in [0.15, 0.2) is 42.7 Å². The van der Waals surface area contributed by atoms with Gasteiger partial charge < -0.3 is 14.5 Å². The number of nitrogens with zero attached hydrogens (tertiary/aromatic N) is 4. The summed E-state index contributed by atoms with van der Waals surface area (Å²) in [5.74, 6) is 0.948. The van der Waals surface area contributed by atoms with Gasteiger partial charge in [-0.1, -0.05) is 44.2 Å². The van der Waals surface area contributed by atoms with Crippen LogP contribution in [0.25, 0.3) is 0 Å². The second-order valence-electron chi connectivity index (χ2n) is 7.18. The van der Waals surface area contributed by atoms with E-state index < -0.39 is 0 Å². The summed E-state index contributed by atoms with van der Waals surface area (Å²) in [7, 11) is 3.43.